The van der Waals surface area contributed by atoms with E-state index in [4.69, 9.17) is 35.0 Å². The maximum Gasteiger partial charge on any atom is 0.346 e. The highest BCUT2D eigenvalue weighted by molar-refractivity contribution is 6.06. The molecule has 5 N–H and O–H groups in total. The molecule has 16 heteroatoms. The lowest BCUT2D eigenvalue weighted by molar-refractivity contribution is 0.0386. The van der Waals surface area contributed by atoms with Crippen LogP contribution in [0.2, 0.25) is 0 Å². The number of hydrogen-bond acceptors (Lipinski definition) is 11. The Bertz CT molecular complexity index is 1830. The Hall–Kier alpha value is -7.49. The van der Waals surface area contributed by atoms with Crippen molar-refractivity contribution in [3.63, 3.8) is 0 Å². The van der Waals surface area contributed by atoms with Crippen LogP contribution in [0.1, 0.15) is 93.2 Å². The molecule has 4 aromatic rings. The molecule has 0 spiro atoms. The van der Waals surface area contributed by atoms with E-state index < -0.39 is 53.7 Å². The molecule has 49 heavy (non-hydrogen) atoms. The number of carbonyl (C=O) groups excluding carboxylic acids is 4. The van der Waals surface area contributed by atoms with Crippen molar-refractivity contribution in [3.05, 3.63) is 141 Å². The van der Waals surface area contributed by atoms with E-state index in [1.807, 2.05) is 0 Å². The summed E-state index contributed by atoms with van der Waals surface area (Å²) in [7, 11) is 0. The first kappa shape index (κ1) is 36.0. The first-order chi connectivity index (χ1) is 23.1. The molecular weight excluding hydrogens is 652 g/mol. The van der Waals surface area contributed by atoms with Gasteiger partial charge in [0.1, 0.15) is 0 Å². The Balaban J connectivity index is 0.000000362. The highest BCUT2D eigenvalue weighted by Crippen LogP contribution is 2.14. The summed E-state index contributed by atoms with van der Waals surface area (Å²) in [6, 6.07) is 17.0. The molecule has 4 rings (SSSR count). The summed E-state index contributed by atoms with van der Waals surface area (Å²) in [5.41, 5.74) is -1.69. The molecule has 0 aromatic heterocycles. The van der Waals surface area contributed by atoms with Crippen LogP contribution in [-0.2, 0) is 9.47 Å². The number of esters is 4. The zero-order valence-corrected chi connectivity index (χ0v) is 24.4. The number of rotatable bonds is 9. The molecule has 0 saturated heterocycles. The zero-order valence-electron chi connectivity index (χ0n) is 24.4. The molecule has 0 saturated carbocycles. The maximum absolute atomic E-state index is 12.3. The van der Waals surface area contributed by atoms with Crippen molar-refractivity contribution in [1.82, 2.24) is 0 Å². The van der Waals surface area contributed by atoms with Crippen LogP contribution in [0, 0.1) is 0 Å². The number of hydrogen-bond donors (Lipinski definition) is 5. The molecule has 0 amide bonds. The largest absolute Gasteiger partial charge is 0.478 e. The normalized spacial score (nSPS) is 9.96. The number of benzene rings is 4. The molecule has 0 atom stereocenters. The monoisotopic (exact) mass is 672 g/mol. The minimum atomic E-state index is -1.37. The molecule has 0 radical (unpaired) electrons. The van der Waals surface area contributed by atoms with Crippen LogP contribution in [0.25, 0.3) is 0 Å². The standard InChI is InChI=1S/C24H14O10.C9H6O6/c25-19(26)13-4-8-15(9-5-13)21(29)33-23(31)17-2-1-3-18(12-17)24(32)34-22(30)16-10-6-14(7-11-16)20(27)28;10-7(11)4-1-5(8(12)13)3-6(2-4)9(14)15/h1-12H,(H,25,26)(H,27,28);1-3H,(H,10,11)(H,12,13)(H,14,15). The summed E-state index contributed by atoms with van der Waals surface area (Å²) in [5.74, 6) is -10.7. The molecule has 0 heterocycles. The van der Waals surface area contributed by atoms with Gasteiger partial charge in [-0.3, -0.25) is 0 Å². The molecule has 0 aliphatic carbocycles. The molecule has 0 aliphatic heterocycles. The molecular formula is C33H20O16. The predicted molar refractivity (Wildman–Crippen MR) is 160 cm³/mol. The summed E-state index contributed by atoms with van der Waals surface area (Å²) in [5, 5.41) is 43.6. The lowest BCUT2D eigenvalue weighted by Gasteiger charge is -2.06. The number of carboxylic acid groups (broad SMARTS) is 5. The summed E-state index contributed by atoms with van der Waals surface area (Å²) >= 11 is 0. The lowest BCUT2D eigenvalue weighted by atomic mass is 10.1. The third-order valence-electron chi connectivity index (χ3n) is 6.11. The molecule has 0 unspecified atom stereocenters. The predicted octanol–water partition coefficient (Wildman–Crippen LogP) is 3.86. The van der Waals surface area contributed by atoms with Crippen LogP contribution in [0.4, 0.5) is 0 Å². The number of carboxylic acids is 5. The van der Waals surface area contributed by atoms with Crippen LogP contribution in [0.3, 0.4) is 0 Å². The fraction of sp³-hybridized carbons (Fsp3) is 0. The van der Waals surface area contributed by atoms with Gasteiger partial charge >= 0.3 is 53.7 Å². The van der Waals surface area contributed by atoms with Crippen molar-refractivity contribution in [2.45, 2.75) is 0 Å². The van der Waals surface area contributed by atoms with Gasteiger partial charge in [0, 0.05) is 0 Å². The van der Waals surface area contributed by atoms with E-state index in [9.17, 15) is 43.2 Å². The Morgan fingerprint density at radius 1 is 0.306 bits per heavy atom. The van der Waals surface area contributed by atoms with E-state index in [0.717, 1.165) is 24.3 Å². The molecule has 16 nitrogen and oxygen atoms in total. The van der Waals surface area contributed by atoms with Gasteiger partial charge in [0.25, 0.3) is 0 Å². The van der Waals surface area contributed by atoms with E-state index in [0.29, 0.717) is 0 Å². The Morgan fingerprint density at radius 2 is 0.531 bits per heavy atom. The first-order valence-corrected chi connectivity index (χ1v) is 13.2. The SMILES string of the molecule is O=C(O)c1cc(C(=O)O)cc(C(=O)O)c1.O=C(O)c1ccc(C(=O)OC(=O)c2cccc(C(=O)OC(=O)c3ccc(C(=O)O)cc3)c2)cc1. The van der Waals surface area contributed by atoms with E-state index in [1.165, 1.54) is 66.7 Å². The third kappa shape index (κ3) is 9.75. The Labute approximate surface area is 273 Å². The fourth-order valence-electron chi connectivity index (χ4n) is 3.67. The average molecular weight is 673 g/mol. The molecule has 248 valence electrons. The van der Waals surface area contributed by atoms with E-state index in [-0.39, 0.29) is 50.1 Å². The lowest BCUT2D eigenvalue weighted by Crippen LogP contribution is -2.15. The molecule has 0 fully saturated rings. The third-order valence-corrected chi connectivity index (χ3v) is 6.11. The minimum Gasteiger partial charge on any atom is -0.478 e. The smallest absolute Gasteiger partial charge is 0.346 e. The number of carbonyl (C=O) groups is 9. The Morgan fingerprint density at radius 3 is 0.796 bits per heavy atom. The summed E-state index contributed by atoms with van der Waals surface area (Å²) in [6.45, 7) is 0. The van der Waals surface area contributed by atoms with Crippen LogP contribution < -0.4 is 0 Å². The van der Waals surface area contributed by atoms with Gasteiger partial charge in [0.2, 0.25) is 0 Å². The average Bonchev–Trinajstić information content (AvgIpc) is 3.08. The second kappa shape index (κ2) is 15.7. The summed E-state index contributed by atoms with van der Waals surface area (Å²) in [4.78, 5) is 102. The van der Waals surface area contributed by atoms with Crippen molar-refractivity contribution in [1.29, 1.82) is 0 Å². The van der Waals surface area contributed by atoms with Gasteiger partial charge in [-0.2, -0.15) is 0 Å². The summed E-state index contributed by atoms with van der Waals surface area (Å²) < 4.78 is 9.49. The second-order valence-corrected chi connectivity index (χ2v) is 9.41. The van der Waals surface area contributed by atoms with E-state index >= 15 is 0 Å². The van der Waals surface area contributed by atoms with Crippen molar-refractivity contribution in [2.75, 3.05) is 0 Å². The van der Waals surface area contributed by atoms with Gasteiger partial charge in [0.15, 0.2) is 0 Å². The van der Waals surface area contributed by atoms with Gasteiger partial charge in [-0.05, 0) is 84.9 Å². The Kier molecular flexibility index (Phi) is 11.5. The maximum atomic E-state index is 12.3. The number of aromatic carboxylic acids is 5. The van der Waals surface area contributed by atoms with Crippen LogP contribution in [-0.4, -0.2) is 79.3 Å². The van der Waals surface area contributed by atoms with Gasteiger partial charge in [-0.25, -0.2) is 43.2 Å². The van der Waals surface area contributed by atoms with Crippen molar-refractivity contribution in [3.8, 4) is 0 Å². The van der Waals surface area contributed by atoms with Crippen LogP contribution >= 0.6 is 0 Å². The molecule has 0 bridgehead atoms. The van der Waals surface area contributed by atoms with Crippen molar-refractivity contribution >= 4 is 53.7 Å². The second-order valence-electron chi connectivity index (χ2n) is 9.41. The topological polar surface area (TPSA) is 273 Å². The first-order valence-electron chi connectivity index (χ1n) is 13.2. The molecule has 4 aromatic carbocycles. The van der Waals surface area contributed by atoms with Crippen molar-refractivity contribution < 1.29 is 78.2 Å². The van der Waals surface area contributed by atoms with E-state index in [1.54, 1.807) is 0 Å². The van der Waals surface area contributed by atoms with Crippen LogP contribution in [0.5, 0.6) is 0 Å². The number of ether oxygens (including phenoxy) is 2. The van der Waals surface area contributed by atoms with Gasteiger partial charge in [-0.15, -0.1) is 0 Å². The molecule has 0 aliphatic rings. The van der Waals surface area contributed by atoms with Crippen molar-refractivity contribution in [2.24, 2.45) is 0 Å². The highest BCUT2D eigenvalue weighted by Gasteiger charge is 2.20. The minimum absolute atomic E-state index is 0.0542. The quantitative estimate of drug-likeness (QED) is 0.125. The van der Waals surface area contributed by atoms with Crippen LogP contribution in [0.15, 0.2) is 91.0 Å². The highest BCUT2D eigenvalue weighted by atomic mass is 16.6. The van der Waals surface area contributed by atoms with Gasteiger partial charge in [-0.1, -0.05) is 6.07 Å². The fourth-order valence-corrected chi connectivity index (χ4v) is 3.67. The van der Waals surface area contributed by atoms with E-state index in [2.05, 4.69) is 0 Å². The zero-order chi connectivity index (χ0) is 36.4. The van der Waals surface area contributed by atoms with Gasteiger partial charge < -0.3 is 35.0 Å². The summed E-state index contributed by atoms with van der Waals surface area (Å²) in [6.07, 6.45) is 0. The van der Waals surface area contributed by atoms with Gasteiger partial charge in [0.05, 0.1) is 50.1 Å².